The molecule has 5 aromatic rings. The molecule has 0 N–H and O–H groups in total. The van der Waals surface area contributed by atoms with Gasteiger partial charge < -0.3 is 0 Å². The normalized spacial score (nSPS) is 15.9. The third-order valence-corrected chi connectivity index (χ3v) is 8.41. The van der Waals surface area contributed by atoms with Gasteiger partial charge in [0.1, 0.15) is 5.82 Å². The van der Waals surface area contributed by atoms with Crippen molar-refractivity contribution in [1.29, 1.82) is 0 Å². The van der Waals surface area contributed by atoms with Crippen LogP contribution in [0.5, 0.6) is 0 Å². The summed E-state index contributed by atoms with van der Waals surface area (Å²) in [4.78, 5) is 28.3. The topological polar surface area (TPSA) is 77.3 Å². The lowest BCUT2D eigenvalue weighted by atomic mass is 9.95. The molecule has 1 atom stereocenters. The summed E-state index contributed by atoms with van der Waals surface area (Å²) >= 11 is 0. The lowest BCUT2D eigenvalue weighted by Gasteiger charge is -2.15. The van der Waals surface area contributed by atoms with E-state index >= 15 is 0 Å². The highest BCUT2D eigenvalue weighted by molar-refractivity contribution is 5.80. The molecule has 0 radical (unpaired) electrons. The van der Waals surface area contributed by atoms with Crippen LogP contribution in [0, 0.1) is 0 Å². The van der Waals surface area contributed by atoms with Crippen LogP contribution >= 0.6 is 0 Å². The first-order valence-electron chi connectivity index (χ1n) is 16.1. The summed E-state index contributed by atoms with van der Waals surface area (Å²) in [5, 5.41) is 0. The van der Waals surface area contributed by atoms with Gasteiger partial charge in [0.15, 0.2) is 11.6 Å². The van der Waals surface area contributed by atoms with Gasteiger partial charge in [0.25, 0.3) is 0 Å². The van der Waals surface area contributed by atoms with E-state index in [-0.39, 0.29) is 5.92 Å². The second kappa shape index (κ2) is 14.1. The number of hydrogen-bond donors (Lipinski definition) is 0. The van der Waals surface area contributed by atoms with E-state index in [1.807, 2.05) is 49.5 Å². The van der Waals surface area contributed by atoms with Crippen molar-refractivity contribution in [2.24, 2.45) is 0 Å². The van der Waals surface area contributed by atoms with Gasteiger partial charge in [-0.1, -0.05) is 72.9 Å². The second-order valence-corrected chi connectivity index (χ2v) is 11.8. The fourth-order valence-electron chi connectivity index (χ4n) is 5.66. The Morgan fingerprint density at radius 2 is 1.60 bits per heavy atom. The summed E-state index contributed by atoms with van der Waals surface area (Å²) in [5.74, 6) is 2.00. The van der Waals surface area contributed by atoms with E-state index in [4.69, 9.17) is 15.0 Å². The van der Waals surface area contributed by atoms with E-state index in [2.05, 4.69) is 107 Å². The van der Waals surface area contributed by atoms with Crippen LogP contribution in [0.25, 0.3) is 50.5 Å². The lowest BCUT2D eigenvalue weighted by Crippen LogP contribution is -2.09. The molecule has 6 heteroatoms. The zero-order valence-corrected chi connectivity index (χ0v) is 27.0. The van der Waals surface area contributed by atoms with Crippen molar-refractivity contribution >= 4 is 16.7 Å². The van der Waals surface area contributed by atoms with Crippen LogP contribution in [-0.2, 0) is 0 Å². The third kappa shape index (κ3) is 7.00. The van der Waals surface area contributed by atoms with Gasteiger partial charge in [-0.05, 0) is 103 Å². The van der Waals surface area contributed by atoms with E-state index in [1.165, 1.54) is 0 Å². The summed E-state index contributed by atoms with van der Waals surface area (Å²) in [6.45, 7) is 4.17. The monoisotopic (exact) mass is 622 g/mol. The Bertz CT molecular complexity index is 2170. The van der Waals surface area contributed by atoms with Crippen molar-refractivity contribution in [1.82, 2.24) is 29.9 Å². The average Bonchev–Trinajstić information content (AvgIpc) is 3.18. The van der Waals surface area contributed by atoms with Crippen LogP contribution in [0.15, 0.2) is 146 Å². The van der Waals surface area contributed by atoms with Gasteiger partial charge in [0.2, 0.25) is 0 Å². The molecular weight excluding hydrogens is 589 g/mol. The minimum Gasteiger partial charge on any atom is -0.261 e. The predicted octanol–water partition coefficient (Wildman–Crippen LogP) is 9.66. The van der Waals surface area contributed by atoms with E-state index in [1.54, 1.807) is 18.6 Å². The van der Waals surface area contributed by atoms with Gasteiger partial charge in [-0.25, -0.2) is 15.0 Å². The Balaban J connectivity index is 1.35. The number of benzene rings is 2. The molecule has 7 rings (SSSR count). The van der Waals surface area contributed by atoms with Crippen molar-refractivity contribution in [3.63, 3.8) is 0 Å². The van der Waals surface area contributed by atoms with E-state index < -0.39 is 0 Å². The van der Waals surface area contributed by atoms with Gasteiger partial charge in [-0.3, -0.25) is 15.0 Å². The Labute approximate surface area is 281 Å². The number of hydrogen-bond acceptors (Lipinski definition) is 6. The highest BCUT2D eigenvalue weighted by atomic mass is 15.0. The van der Waals surface area contributed by atoms with Crippen molar-refractivity contribution < 1.29 is 0 Å². The fraction of sp³-hybridized carbons (Fsp3) is 0.119. The summed E-state index contributed by atoms with van der Waals surface area (Å²) in [7, 11) is 0. The molecule has 0 aliphatic heterocycles. The lowest BCUT2D eigenvalue weighted by molar-refractivity contribution is 0.855. The van der Waals surface area contributed by atoms with Crippen molar-refractivity contribution in [2.45, 2.75) is 32.6 Å². The first-order chi connectivity index (χ1) is 23.6. The zero-order valence-electron chi connectivity index (χ0n) is 27.0. The summed E-state index contributed by atoms with van der Waals surface area (Å²) in [6.07, 6.45) is 27.4. The first kappa shape index (κ1) is 30.5. The quantitative estimate of drug-likeness (QED) is 0.127. The zero-order chi connectivity index (χ0) is 32.7. The molecule has 2 aromatic carbocycles. The van der Waals surface area contributed by atoms with Gasteiger partial charge in [-0.15, -0.1) is 5.73 Å². The highest BCUT2D eigenvalue weighted by Gasteiger charge is 2.18. The van der Waals surface area contributed by atoms with Gasteiger partial charge in [0, 0.05) is 29.7 Å². The van der Waals surface area contributed by atoms with Gasteiger partial charge in [-0.2, -0.15) is 0 Å². The van der Waals surface area contributed by atoms with Crippen LogP contribution in [-0.4, -0.2) is 29.9 Å². The minimum absolute atomic E-state index is 0.0761. The van der Waals surface area contributed by atoms with Gasteiger partial charge in [0.05, 0.1) is 23.5 Å². The highest BCUT2D eigenvalue weighted by Crippen LogP contribution is 2.33. The molecule has 6 nitrogen and oxygen atoms in total. The smallest absolute Gasteiger partial charge is 0.163 e. The Kier molecular flexibility index (Phi) is 8.99. The molecule has 0 spiro atoms. The molecule has 0 saturated heterocycles. The fourth-order valence-corrected chi connectivity index (χ4v) is 5.66. The standard InChI is InChI=1S/C42H34N6/c1-29(16-17-30(2)39-28-43-23-24-45-39)35-25-36(31-18-20-32(21-19-31)38-15-9-10-22-44-38)27-37(26-35)42-47-40(33-11-5-3-6-12-33)46-41(48-42)34-13-7-4-8-14-34/h3-5,7,9-11,13-28,34H,6,12H2,1-2H3/b29-16+,30-17+. The van der Waals surface area contributed by atoms with Crippen LogP contribution < -0.4 is 0 Å². The maximum absolute atomic E-state index is 5.08. The molecule has 2 aliphatic rings. The predicted molar refractivity (Wildman–Crippen MR) is 194 cm³/mol. The molecule has 1 unspecified atom stereocenters. The molecule has 0 amide bonds. The van der Waals surface area contributed by atoms with Gasteiger partial charge >= 0.3 is 0 Å². The first-order valence-corrected chi connectivity index (χ1v) is 16.1. The van der Waals surface area contributed by atoms with Crippen LogP contribution in [0.2, 0.25) is 0 Å². The van der Waals surface area contributed by atoms with Crippen molar-refractivity contribution in [3.05, 3.63) is 169 Å². The van der Waals surface area contributed by atoms with Crippen LogP contribution in [0.1, 0.15) is 55.5 Å². The third-order valence-electron chi connectivity index (χ3n) is 8.41. The molecule has 3 aromatic heterocycles. The Hall–Kier alpha value is -6.10. The molecule has 0 bridgehead atoms. The molecule has 3 heterocycles. The largest absolute Gasteiger partial charge is 0.261 e. The summed E-state index contributed by atoms with van der Waals surface area (Å²) in [6, 6.07) is 21.1. The number of allylic oxidation sites excluding steroid dienone is 11. The van der Waals surface area contributed by atoms with Crippen LogP contribution in [0.4, 0.5) is 0 Å². The number of pyridine rings is 1. The van der Waals surface area contributed by atoms with Crippen molar-refractivity contribution in [2.75, 3.05) is 0 Å². The summed E-state index contributed by atoms with van der Waals surface area (Å²) < 4.78 is 0. The average molecular weight is 623 g/mol. The minimum atomic E-state index is -0.0761. The Morgan fingerprint density at radius 3 is 2.35 bits per heavy atom. The molecular formula is C42H34N6. The second-order valence-electron chi connectivity index (χ2n) is 11.8. The number of nitrogens with zero attached hydrogens (tertiary/aromatic N) is 6. The van der Waals surface area contributed by atoms with E-state index in [0.29, 0.717) is 11.6 Å². The van der Waals surface area contributed by atoms with E-state index in [9.17, 15) is 0 Å². The maximum Gasteiger partial charge on any atom is 0.163 e. The molecule has 0 fully saturated rings. The van der Waals surface area contributed by atoms with Crippen LogP contribution in [0.3, 0.4) is 0 Å². The molecule has 0 saturated carbocycles. The molecule has 48 heavy (non-hydrogen) atoms. The Morgan fingerprint density at radius 1 is 0.771 bits per heavy atom. The number of aromatic nitrogens is 6. The molecule has 2 aliphatic carbocycles. The SMILES string of the molecule is C/C(=C\C=C(/C)c1cnccn1)c1cc(-c2ccc(-c3ccccn3)cc2)cc(-c2nc(C3=CC=CCC3)nc(C3C=C=CC=C3)n2)c1. The molecule has 232 valence electrons. The maximum atomic E-state index is 5.08. The van der Waals surface area contributed by atoms with Crippen molar-refractivity contribution in [3.8, 4) is 33.8 Å². The summed E-state index contributed by atoms with van der Waals surface area (Å²) in [5.41, 5.74) is 13.5. The number of rotatable bonds is 8. The van der Waals surface area contributed by atoms with E-state index in [0.717, 1.165) is 74.6 Å².